The lowest BCUT2D eigenvalue weighted by atomic mass is 10.1. The molecule has 0 spiro atoms. The lowest BCUT2D eigenvalue weighted by molar-refractivity contribution is -0.427. The maximum absolute atomic E-state index is 11.0. The Balaban J connectivity index is 2.48. The van der Waals surface area contributed by atoms with Crippen molar-refractivity contribution in [1.82, 2.24) is 9.38 Å². The SMILES string of the molecule is CC(C)CC(=Cc1c(Cl)nc2sccn12)[N+](=O)[O-]. The van der Waals surface area contributed by atoms with Gasteiger partial charge in [0.1, 0.15) is 0 Å². The van der Waals surface area contributed by atoms with Crippen LogP contribution in [0.25, 0.3) is 11.0 Å². The van der Waals surface area contributed by atoms with Crippen LogP contribution in [0, 0.1) is 16.0 Å². The summed E-state index contributed by atoms with van der Waals surface area (Å²) in [5.74, 6) is 0.214. The average molecular weight is 286 g/mol. The Bertz CT molecular complexity index is 615. The van der Waals surface area contributed by atoms with E-state index in [9.17, 15) is 10.1 Å². The van der Waals surface area contributed by atoms with Crippen molar-refractivity contribution < 1.29 is 4.92 Å². The molecule has 0 aliphatic heterocycles. The normalized spacial score (nSPS) is 12.6. The molecule has 2 aromatic rings. The van der Waals surface area contributed by atoms with Gasteiger partial charge in [-0.05, 0) is 5.92 Å². The van der Waals surface area contributed by atoms with E-state index < -0.39 is 0 Å². The molecule has 0 radical (unpaired) electrons. The summed E-state index contributed by atoms with van der Waals surface area (Å²) in [5, 5.41) is 13.2. The summed E-state index contributed by atoms with van der Waals surface area (Å²) in [7, 11) is 0. The van der Waals surface area contributed by atoms with Crippen LogP contribution in [-0.4, -0.2) is 14.3 Å². The Morgan fingerprint density at radius 2 is 2.44 bits per heavy atom. The summed E-state index contributed by atoms with van der Waals surface area (Å²) in [6, 6.07) is 0. The molecule has 0 atom stereocenters. The fourth-order valence-electron chi connectivity index (χ4n) is 1.67. The number of hydrogen-bond acceptors (Lipinski definition) is 4. The number of nitro groups is 1. The minimum Gasteiger partial charge on any atom is -0.289 e. The van der Waals surface area contributed by atoms with Gasteiger partial charge in [-0.2, -0.15) is 0 Å². The van der Waals surface area contributed by atoms with Crippen molar-refractivity contribution in [2.75, 3.05) is 0 Å². The number of allylic oxidation sites excluding steroid dienone is 1. The third kappa shape index (κ3) is 2.54. The third-order valence-electron chi connectivity index (χ3n) is 2.41. The number of halogens is 1. The van der Waals surface area contributed by atoms with Crippen LogP contribution in [0.15, 0.2) is 17.3 Å². The van der Waals surface area contributed by atoms with E-state index >= 15 is 0 Å². The largest absolute Gasteiger partial charge is 0.289 e. The molecular formula is C11H12ClN3O2S. The van der Waals surface area contributed by atoms with Crippen LogP contribution in [0.2, 0.25) is 5.15 Å². The number of aromatic nitrogens is 2. The van der Waals surface area contributed by atoms with Gasteiger partial charge in [0.05, 0.1) is 10.6 Å². The average Bonchev–Trinajstić information content (AvgIpc) is 2.80. The number of nitrogens with zero attached hydrogens (tertiary/aromatic N) is 3. The highest BCUT2D eigenvalue weighted by molar-refractivity contribution is 7.15. The molecule has 0 fully saturated rings. The fraction of sp³-hybridized carbons (Fsp3) is 0.364. The maximum Gasteiger partial charge on any atom is 0.248 e. The quantitative estimate of drug-likeness (QED) is 0.635. The van der Waals surface area contributed by atoms with Crippen LogP contribution in [0.3, 0.4) is 0 Å². The van der Waals surface area contributed by atoms with E-state index in [0.717, 1.165) is 4.96 Å². The van der Waals surface area contributed by atoms with E-state index in [4.69, 9.17) is 11.6 Å². The van der Waals surface area contributed by atoms with Crippen molar-refractivity contribution >= 4 is 34.0 Å². The third-order valence-corrected chi connectivity index (χ3v) is 3.44. The smallest absolute Gasteiger partial charge is 0.248 e. The first-order valence-corrected chi connectivity index (χ1v) is 6.70. The number of thiazole rings is 1. The predicted octanol–water partition coefficient (Wildman–Crippen LogP) is 3.71. The zero-order chi connectivity index (χ0) is 13.3. The van der Waals surface area contributed by atoms with Gasteiger partial charge in [-0.3, -0.25) is 14.5 Å². The molecule has 0 unspecified atom stereocenters. The van der Waals surface area contributed by atoms with Crippen LogP contribution in [-0.2, 0) is 0 Å². The molecule has 0 amide bonds. The van der Waals surface area contributed by atoms with Gasteiger partial charge in [-0.15, -0.1) is 11.3 Å². The summed E-state index contributed by atoms with van der Waals surface area (Å²) in [4.78, 5) is 15.5. The summed E-state index contributed by atoms with van der Waals surface area (Å²) < 4.78 is 1.76. The molecule has 7 heteroatoms. The van der Waals surface area contributed by atoms with Crippen molar-refractivity contribution in [3.63, 3.8) is 0 Å². The molecule has 0 bridgehead atoms. The lowest BCUT2D eigenvalue weighted by Crippen LogP contribution is -2.03. The van der Waals surface area contributed by atoms with Gasteiger partial charge in [-0.1, -0.05) is 25.4 Å². The summed E-state index contributed by atoms with van der Waals surface area (Å²) in [6.45, 7) is 3.88. The maximum atomic E-state index is 11.0. The van der Waals surface area contributed by atoms with Gasteiger partial charge in [0.15, 0.2) is 10.1 Å². The topological polar surface area (TPSA) is 60.4 Å². The van der Waals surface area contributed by atoms with Crippen molar-refractivity contribution in [3.8, 4) is 0 Å². The molecule has 0 aliphatic carbocycles. The zero-order valence-electron chi connectivity index (χ0n) is 9.96. The molecule has 2 aromatic heterocycles. The number of fused-ring (bicyclic) bond motifs is 1. The van der Waals surface area contributed by atoms with Crippen LogP contribution in [0.4, 0.5) is 0 Å². The highest BCUT2D eigenvalue weighted by atomic mass is 35.5. The van der Waals surface area contributed by atoms with Gasteiger partial charge in [-0.25, -0.2) is 4.98 Å². The van der Waals surface area contributed by atoms with Gasteiger partial charge >= 0.3 is 0 Å². The fourth-order valence-corrected chi connectivity index (χ4v) is 2.67. The van der Waals surface area contributed by atoms with Gasteiger partial charge in [0.2, 0.25) is 5.70 Å². The first-order valence-electron chi connectivity index (χ1n) is 5.45. The van der Waals surface area contributed by atoms with Crippen LogP contribution >= 0.6 is 22.9 Å². The Labute approximate surface area is 113 Å². The summed E-state index contributed by atoms with van der Waals surface area (Å²) >= 11 is 7.44. The first kappa shape index (κ1) is 13.0. The van der Waals surface area contributed by atoms with Crippen molar-refractivity contribution in [2.45, 2.75) is 20.3 Å². The minimum atomic E-state index is -0.359. The first-order chi connectivity index (χ1) is 8.49. The second-order valence-electron chi connectivity index (χ2n) is 4.33. The Kier molecular flexibility index (Phi) is 3.68. The molecule has 96 valence electrons. The second kappa shape index (κ2) is 5.07. The minimum absolute atomic E-state index is 0.153. The Morgan fingerprint density at radius 3 is 3.06 bits per heavy atom. The molecule has 5 nitrogen and oxygen atoms in total. The van der Waals surface area contributed by atoms with E-state index in [1.165, 1.54) is 17.4 Å². The molecule has 0 N–H and O–H groups in total. The molecule has 0 aliphatic rings. The standard InChI is InChI=1S/C11H12ClN3O2S/c1-7(2)5-8(15(16)17)6-9-10(12)13-11-14(9)3-4-18-11/h3-4,6-7H,5H2,1-2H3. The highest BCUT2D eigenvalue weighted by Crippen LogP contribution is 2.25. The van der Waals surface area contributed by atoms with E-state index in [1.807, 2.05) is 19.2 Å². The molecule has 0 saturated carbocycles. The van der Waals surface area contributed by atoms with E-state index in [-0.39, 0.29) is 16.5 Å². The predicted molar refractivity (Wildman–Crippen MR) is 72.5 cm³/mol. The number of hydrogen-bond donors (Lipinski definition) is 0. The summed E-state index contributed by atoms with van der Waals surface area (Å²) in [5.41, 5.74) is 0.722. The monoisotopic (exact) mass is 285 g/mol. The molecular weight excluding hydrogens is 274 g/mol. The zero-order valence-corrected chi connectivity index (χ0v) is 11.5. The molecule has 0 saturated heterocycles. The van der Waals surface area contributed by atoms with Gasteiger partial charge < -0.3 is 0 Å². The van der Waals surface area contributed by atoms with E-state index in [2.05, 4.69) is 4.98 Å². The van der Waals surface area contributed by atoms with Crippen LogP contribution in [0.5, 0.6) is 0 Å². The Morgan fingerprint density at radius 1 is 1.72 bits per heavy atom. The Hall–Kier alpha value is -1.40. The van der Waals surface area contributed by atoms with Gasteiger partial charge in [0.25, 0.3) is 0 Å². The second-order valence-corrected chi connectivity index (χ2v) is 5.57. The highest BCUT2D eigenvalue weighted by Gasteiger charge is 2.17. The van der Waals surface area contributed by atoms with E-state index in [1.54, 1.807) is 10.6 Å². The lowest BCUT2D eigenvalue weighted by Gasteiger charge is -2.02. The molecule has 2 heterocycles. The van der Waals surface area contributed by atoms with Crippen molar-refractivity contribution in [2.24, 2.45) is 5.92 Å². The van der Waals surface area contributed by atoms with Crippen LogP contribution in [0.1, 0.15) is 26.0 Å². The molecule has 2 rings (SSSR count). The molecule has 0 aromatic carbocycles. The summed E-state index contributed by atoms with van der Waals surface area (Å²) in [6.07, 6.45) is 3.72. The van der Waals surface area contributed by atoms with Gasteiger partial charge in [0, 0.05) is 24.1 Å². The van der Waals surface area contributed by atoms with Crippen molar-refractivity contribution in [3.05, 3.63) is 38.2 Å². The van der Waals surface area contributed by atoms with E-state index in [0.29, 0.717) is 17.3 Å². The van der Waals surface area contributed by atoms with Crippen molar-refractivity contribution in [1.29, 1.82) is 0 Å². The number of rotatable bonds is 4. The number of imidazole rings is 1. The molecule has 18 heavy (non-hydrogen) atoms. The van der Waals surface area contributed by atoms with Crippen LogP contribution < -0.4 is 0 Å².